The minimum absolute atomic E-state index is 0.0534. The van der Waals surface area contributed by atoms with Gasteiger partial charge < -0.3 is 20.1 Å². The SMILES string of the molecule is COc1ccc(NC(=O)c2ccc3nc(C)c(N(C)C(=O)Nc4ccc(C(C)=O)cc4)n3c2)cc1OC. The maximum absolute atomic E-state index is 13.0. The van der Waals surface area contributed by atoms with Crippen LogP contribution in [0, 0.1) is 6.92 Å². The molecule has 2 heterocycles. The molecule has 0 aliphatic carbocycles. The number of ketones is 1. The Balaban J connectivity index is 1.57. The Morgan fingerprint density at radius 2 is 1.51 bits per heavy atom. The molecule has 0 unspecified atom stereocenters. The number of ether oxygens (including phenoxy) is 2. The van der Waals surface area contributed by atoms with Crippen molar-refractivity contribution in [1.82, 2.24) is 9.38 Å². The molecule has 190 valence electrons. The number of nitrogens with zero attached hydrogens (tertiary/aromatic N) is 3. The number of amides is 3. The molecule has 4 rings (SSSR count). The summed E-state index contributed by atoms with van der Waals surface area (Å²) in [4.78, 5) is 43.5. The fourth-order valence-electron chi connectivity index (χ4n) is 3.90. The summed E-state index contributed by atoms with van der Waals surface area (Å²) in [7, 11) is 4.68. The summed E-state index contributed by atoms with van der Waals surface area (Å²) in [6, 6.07) is 14.7. The lowest BCUT2D eigenvalue weighted by Crippen LogP contribution is -2.32. The Morgan fingerprint density at radius 1 is 0.865 bits per heavy atom. The Kier molecular flexibility index (Phi) is 7.10. The number of imidazole rings is 1. The molecule has 0 spiro atoms. The van der Waals surface area contributed by atoms with Crippen molar-refractivity contribution in [3.05, 3.63) is 77.6 Å². The number of carbonyl (C=O) groups excluding carboxylic acids is 3. The van der Waals surface area contributed by atoms with Crippen LogP contribution in [0.5, 0.6) is 11.5 Å². The molecule has 0 fully saturated rings. The number of rotatable bonds is 7. The molecule has 0 aliphatic heterocycles. The standard InChI is InChI=1S/C27H27N5O5/c1-16-26(31(3)27(35)30-20-9-6-18(7-10-20)17(2)33)32-15-19(8-13-24(32)28-16)25(34)29-21-11-12-22(36-4)23(14-21)37-5/h6-15H,1-5H3,(H,29,34)(H,30,35). The highest BCUT2D eigenvalue weighted by Gasteiger charge is 2.20. The summed E-state index contributed by atoms with van der Waals surface area (Å²) in [5.41, 5.74) is 3.21. The zero-order chi connectivity index (χ0) is 26.7. The second kappa shape index (κ2) is 10.4. The maximum Gasteiger partial charge on any atom is 0.327 e. The van der Waals surface area contributed by atoms with Crippen molar-refractivity contribution < 1.29 is 23.9 Å². The molecule has 0 saturated carbocycles. The minimum atomic E-state index is -0.402. The van der Waals surface area contributed by atoms with Crippen molar-refractivity contribution in [3.63, 3.8) is 0 Å². The summed E-state index contributed by atoms with van der Waals surface area (Å²) < 4.78 is 12.2. The third-order valence-electron chi connectivity index (χ3n) is 5.83. The molecule has 37 heavy (non-hydrogen) atoms. The van der Waals surface area contributed by atoms with E-state index < -0.39 is 6.03 Å². The highest BCUT2D eigenvalue weighted by Crippen LogP contribution is 2.30. The molecule has 0 radical (unpaired) electrons. The number of anilines is 3. The zero-order valence-electron chi connectivity index (χ0n) is 21.2. The lowest BCUT2D eigenvalue weighted by Gasteiger charge is -2.19. The summed E-state index contributed by atoms with van der Waals surface area (Å²) in [5.74, 6) is 1.16. The lowest BCUT2D eigenvalue weighted by molar-refractivity contribution is 0.101. The first-order valence-corrected chi connectivity index (χ1v) is 11.4. The molecule has 0 saturated heterocycles. The first-order valence-electron chi connectivity index (χ1n) is 11.4. The fourth-order valence-corrected chi connectivity index (χ4v) is 3.90. The van der Waals surface area contributed by atoms with Gasteiger partial charge in [-0.3, -0.25) is 18.9 Å². The van der Waals surface area contributed by atoms with Crippen LogP contribution in [0.3, 0.4) is 0 Å². The van der Waals surface area contributed by atoms with Gasteiger partial charge in [-0.05, 0) is 62.4 Å². The number of aryl methyl sites for hydroxylation is 1. The first kappa shape index (κ1) is 25.2. The average molecular weight is 502 g/mol. The normalized spacial score (nSPS) is 10.6. The van der Waals surface area contributed by atoms with E-state index in [1.807, 2.05) is 0 Å². The Hall–Kier alpha value is -4.86. The third kappa shape index (κ3) is 5.22. The van der Waals surface area contributed by atoms with E-state index in [1.54, 1.807) is 79.2 Å². The van der Waals surface area contributed by atoms with E-state index >= 15 is 0 Å². The van der Waals surface area contributed by atoms with E-state index in [2.05, 4.69) is 15.6 Å². The van der Waals surface area contributed by atoms with Gasteiger partial charge in [0, 0.05) is 36.2 Å². The van der Waals surface area contributed by atoms with Gasteiger partial charge in [-0.25, -0.2) is 9.78 Å². The number of fused-ring (bicyclic) bond motifs is 1. The minimum Gasteiger partial charge on any atom is -0.493 e. The topological polar surface area (TPSA) is 114 Å². The number of carbonyl (C=O) groups is 3. The lowest BCUT2D eigenvalue weighted by atomic mass is 10.1. The van der Waals surface area contributed by atoms with Gasteiger partial charge in [0.25, 0.3) is 5.91 Å². The number of nitrogens with one attached hydrogen (secondary N) is 2. The van der Waals surface area contributed by atoms with Gasteiger partial charge in [-0.15, -0.1) is 0 Å². The molecule has 10 heteroatoms. The van der Waals surface area contributed by atoms with E-state index in [-0.39, 0.29) is 11.7 Å². The van der Waals surface area contributed by atoms with E-state index in [0.717, 1.165) is 0 Å². The predicted octanol–water partition coefficient (Wildman–Crippen LogP) is 4.78. The molecule has 0 atom stereocenters. The molecule has 2 aromatic heterocycles. The second-order valence-corrected chi connectivity index (χ2v) is 8.31. The quantitative estimate of drug-likeness (QED) is 0.352. The van der Waals surface area contributed by atoms with E-state index in [9.17, 15) is 14.4 Å². The molecule has 2 aromatic carbocycles. The average Bonchev–Trinajstić information content (AvgIpc) is 3.23. The van der Waals surface area contributed by atoms with Gasteiger partial charge in [-0.2, -0.15) is 0 Å². The number of pyridine rings is 1. The largest absolute Gasteiger partial charge is 0.493 e. The number of aromatic nitrogens is 2. The van der Waals surface area contributed by atoms with Crippen molar-refractivity contribution in [2.24, 2.45) is 0 Å². The summed E-state index contributed by atoms with van der Waals surface area (Å²) in [6.07, 6.45) is 1.63. The number of hydrogen-bond acceptors (Lipinski definition) is 6. The fraction of sp³-hybridized carbons (Fsp3) is 0.185. The van der Waals surface area contributed by atoms with Crippen LogP contribution in [0.25, 0.3) is 5.65 Å². The van der Waals surface area contributed by atoms with Gasteiger partial charge in [0.15, 0.2) is 17.3 Å². The monoisotopic (exact) mass is 501 g/mol. The van der Waals surface area contributed by atoms with Gasteiger partial charge >= 0.3 is 6.03 Å². The van der Waals surface area contributed by atoms with Gasteiger partial charge in [0.1, 0.15) is 11.5 Å². The molecular weight excluding hydrogens is 474 g/mol. The van der Waals surface area contributed by atoms with Gasteiger partial charge in [-0.1, -0.05) is 0 Å². The summed E-state index contributed by atoms with van der Waals surface area (Å²) >= 11 is 0. The predicted molar refractivity (Wildman–Crippen MR) is 141 cm³/mol. The van der Waals surface area contributed by atoms with Crippen molar-refractivity contribution in [2.45, 2.75) is 13.8 Å². The van der Waals surface area contributed by atoms with Crippen LogP contribution < -0.4 is 25.0 Å². The van der Waals surface area contributed by atoms with Gasteiger partial charge in [0.2, 0.25) is 0 Å². The van der Waals surface area contributed by atoms with Crippen molar-refractivity contribution in [2.75, 3.05) is 36.8 Å². The Bertz CT molecular complexity index is 1490. The zero-order valence-corrected chi connectivity index (χ0v) is 21.2. The van der Waals surface area contributed by atoms with Crippen LogP contribution in [-0.4, -0.2) is 48.4 Å². The highest BCUT2D eigenvalue weighted by atomic mass is 16.5. The summed E-state index contributed by atoms with van der Waals surface area (Å²) in [5, 5.41) is 5.66. The van der Waals surface area contributed by atoms with Crippen molar-refractivity contribution in [1.29, 1.82) is 0 Å². The Labute approximate surface area is 213 Å². The van der Waals surface area contributed by atoms with Crippen LogP contribution in [0.2, 0.25) is 0 Å². The number of urea groups is 1. The van der Waals surface area contributed by atoms with Crippen LogP contribution >= 0.6 is 0 Å². The van der Waals surface area contributed by atoms with Crippen molar-refractivity contribution >= 4 is 40.6 Å². The van der Waals surface area contributed by atoms with Crippen LogP contribution in [0.15, 0.2) is 60.8 Å². The molecule has 0 aliphatic rings. The first-order chi connectivity index (χ1) is 17.7. The summed E-state index contributed by atoms with van der Waals surface area (Å²) in [6.45, 7) is 3.27. The molecule has 2 N–H and O–H groups in total. The van der Waals surface area contributed by atoms with Crippen LogP contribution in [0.4, 0.5) is 22.0 Å². The number of methoxy groups -OCH3 is 2. The molecular formula is C27H27N5O5. The molecule has 4 aromatic rings. The van der Waals surface area contributed by atoms with Crippen LogP contribution in [-0.2, 0) is 0 Å². The molecule has 0 bridgehead atoms. The maximum atomic E-state index is 13.0. The molecule has 3 amide bonds. The van der Waals surface area contributed by atoms with E-state index in [1.165, 1.54) is 26.0 Å². The third-order valence-corrected chi connectivity index (χ3v) is 5.83. The molecule has 10 nitrogen and oxygen atoms in total. The Morgan fingerprint density at radius 3 is 2.16 bits per heavy atom. The number of Topliss-reactive ketones (excluding diaryl/α,β-unsaturated/α-hetero) is 1. The number of hydrogen-bond donors (Lipinski definition) is 2. The highest BCUT2D eigenvalue weighted by molar-refractivity contribution is 6.05. The number of benzene rings is 2. The second-order valence-electron chi connectivity index (χ2n) is 8.31. The van der Waals surface area contributed by atoms with E-state index in [4.69, 9.17) is 9.47 Å². The van der Waals surface area contributed by atoms with Gasteiger partial charge in [0.05, 0.1) is 25.5 Å². The smallest absolute Gasteiger partial charge is 0.327 e. The van der Waals surface area contributed by atoms with Crippen LogP contribution in [0.1, 0.15) is 33.3 Å². The van der Waals surface area contributed by atoms with Crippen molar-refractivity contribution in [3.8, 4) is 11.5 Å². The van der Waals surface area contributed by atoms with E-state index in [0.29, 0.717) is 51.2 Å².